The van der Waals surface area contributed by atoms with Gasteiger partial charge in [0.25, 0.3) is 0 Å². The molecule has 0 aromatic carbocycles. The van der Waals surface area contributed by atoms with Gasteiger partial charge in [-0.25, -0.2) is 4.79 Å². The standard InChI is InChI=1S/C15H18N2O3/c1-8(2)14-12(15(18)19-5)13(17-20-14)11-9(3)6-7-16-10(11)4/h6-8H,1-5H3. The number of ether oxygens (including phenoxy) is 1. The van der Waals surface area contributed by atoms with Crippen molar-refractivity contribution in [1.29, 1.82) is 0 Å². The van der Waals surface area contributed by atoms with Crippen LogP contribution in [0.15, 0.2) is 16.8 Å². The quantitative estimate of drug-likeness (QED) is 0.804. The fraction of sp³-hybridized carbons (Fsp3) is 0.400. The van der Waals surface area contributed by atoms with Crippen molar-refractivity contribution < 1.29 is 14.1 Å². The molecule has 0 saturated carbocycles. The maximum Gasteiger partial charge on any atom is 0.343 e. The lowest BCUT2D eigenvalue weighted by molar-refractivity contribution is 0.0598. The van der Waals surface area contributed by atoms with E-state index in [9.17, 15) is 4.79 Å². The van der Waals surface area contributed by atoms with Crippen molar-refractivity contribution in [2.75, 3.05) is 7.11 Å². The molecule has 0 spiro atoms. The van der Waals surface area contributed by atoms with Crippen LogP contribution in [-0.4, -0.2) is 23.2 Å². The van der Waals surface area contributed by atoms with Gasteiger partial charge in [-0.15, -0.1) is 0 Å². The Labute approximate surface area is 118 Å². The van der Waals surface area contributed by atoms with E-state index < -0.39 is 5.97 Å². The van der Waals surface area contributed by atoms with Crippen LogP contribution in [-0.2, 0) is 4.74 Å². The maximum absolute atomic E-state index is 12.1. The second kappa shape index (κ2) is 5.45. The van der Waals surface area contributed by atoms with E-state index in [1.54, 1.807) is 6.20 Å². The van der Waals surface area contributed by atoms with E-state index in [1.807, 2.05) is 33.8 Å². The molecule has 5 heteroatoms. The van der Waals surface area contributed by atoms with E-state index in [1.165, 1.54) is 7.11 Å². The van der Waals surface area contributed by atoms with Crippen molar-refractivity contribution in [3.8, 4) is 11.3 Å². The third kappa shape index (κ3) is 2.31. The number of nitrogens with zero attached hydrogens (tertiary/aromatic N) is 2. The summed E-state index contributed by atoms with van der Waals surface area (Å²) in [5.74, 6) is 0.143. The van der Waals surface area contributed by atoms with E-state index in [0.29, 0.717) is 17.0 Å². The number of hydrogen-bond donors (Lipinski definition) is 0. The first-order chi connectivity index (χ1) is 9.47. The van der Waals surface area contributed by atoms with Crippen LogP contribution in [0.5, 0.6) is 0 Å². The van der Waals surface area contributed by atoms with Crippen LogP contribution < -0.4 is 0 Å². The summed E-state index contributed by atoms with van der Waals surface area (Å²) in [4.78, 5) is 16.3. The van der Waals surface area contributed by atoms with E-state index in [0.717, 1.165) is 16.8 Å². The van der Waals surface area contributed by atoms with Crippen LogP contribution in [0.2, 0.25) is 0 Å². The summed E-state index contributed by atoms with van der Waals surface area (Å²) in [5.41, 5.74) is 3.51. The fourth-order valence-electron chi connectivity index (χ4n) is 2.22. The Morgan fingerprint density at radius 1 is 1.35 bits per heavy atom. The molecule has 5 nitrogen and oxygen atoms in total. The van der Waals surface area contributed by atoms with Crippen molar-refractivity contribution in [2.24, 2.45) is 0 Å². The minimum absolute atomic E-state index is 0.0441. The highest BCUT2D eigenvalue weighted by atomic mass is 16.5. The highest BCUT2D eigenvalue weighted by Crippen LogP contribution is 2.33. The molecule has 2 heterocycles. The van der Waals surface area contributed by atoms with E-state index in [2.05, 4.69) is 10.1 Å². The van der Waals surface area contributed by atoms with Gasteiger partial charge in [-0.3, -0.25) is 4.98 Å². The molecule has 106 valence electrons. The molecular weight excluding hydrogens is 256 g/mol. The lowest BCUT2D eigenvalue weighted by atomic mass is 9.97. The monoisotopic (exact) mass is 274 g/mol. The minimum atomic E-state index is -0.437. The normalized spacial score (nSPS) is 10.9. The summed E-state index contributed by atoms with van der Waals surface area (Å²) >= 11 is 0. The van der Waals surface area contributed by atoms with Gasteiger partial charge in [0.05, 0.1) is 7.11 Å². The Balaban J connectivity index is 2.72. The second-order valence-electron chi connectivity index (χ2n) is 5.00. The lowest BCUT2D eigenvalue weighted by Gasteiger charge is -2.08. The zero-order valence-electron chi connectivity index (χ0n) is 12.4. The summed E-state index contributed by atoms with van der Waals surface area (Å²) in [6.45, 7) is 7.72. The Morgan fingerprint density at radius 2 is 2.05 bits per heavy atom. The average Bonchev–Trinajstić information content (AvgIpc) is 2.82. The van der Waals surface area contributed by atoms with Crippen LogP contribution in [0.25, 0.3) is 11.3 Å². The summed E-state index contributed by atoms with van der Waals surface area (Å²) in [6.07, 6.45) is 1.73. The molecule has 0 bridgehead atoms. The van der Waals surface area contributed by atoms with Gasteiger partial charge in [0.15, 0.2) is 5.76 Å². The number of carbonyl (C=O) groups excluding carboxylic acids is 1. The molecule has 0 unspecified atom stereocenters. The van der Waals surface area contributed by atoms with E-state index in [4.69, 9.17) is 9.26 Å². The molecular formula is C15H18N2O3. The Morgan fingerprint density at radius 3 is 2.60 bits per heavy atom. The molecule has 2 aromatic heterocycles. The molecule has 0 saturated heterocycles. The number of aromatic nitrogens is 2. The van der Waals surface area contributed by atoms with Crippen molar-refractivity contribution >= 4 is 5.97 Å². The van der Waals surface area contributed by atoms with Gasteiger partial charge in [-0.05, 0) is 25.5 Å². The topological polar surface area (TPSA) is 65.2 Å². The molecule has 0 atom stereocenters. The highest BCUT2D eigenvalue weighted by Gasteiger charge is 2.28. The van der Waals surface area contributed by atoms with Gasteiger partial charge in [0.1, 0.15) is 11.3 Å². The Kier molecular flexibility index (Phi) is 3.88. The molecule has 0 aliphatic rings. The summed E-state index contributed by atoms with van der Waals surface area (Å²) < 4.78 is 10.2. The SMILES string of the molecule is COC(=O)c1c(-c2c(C)ccnc2C)noc1C(C)C. The molecule has 2 rings (SSSR count). The molecule has 0 N–H and O–H groups in total. The number of methoxy groups -OCH3 is 1. The van der Waals surface area contributed by atoms with Gasteiger partial charge >= 0.3 is 5.97 Å². The highest BCUT2D eigenvalue weighted by molar-refractivity contribution is 5.97. The van der Waals surface area contributed by atoms with Gasteiger partial charge in [-0.2, -0.15) is 0 Å². The van der Waals surface area contributed by atoms with Gasteiger partial charge in [0, 0.05) is 23.4 Å². The number of hydrogen-bond acceptors (Lipinski definition) is 5. The van der Waals surface area contributed by atoms with Crippen LogP contribution in [0.1, 0.15) is 47.1 Å². The molecule has 0 aliphatic heterocycles. The number of aryl methyl sites for hydroxylation is 2. The van der Waals surface area contributed by atoms with Gasteiger partial charge in [0.2, 0.25) is 0 Å². The van der Waals surface area contributed by atoms with E-state index >= 15 is 0 Å². The molecule has 0 aliphatic carbocycles. The molecule has 20 heavy (non-hydrogen) atoms. The van der Waals surface area contributed by atoms with Crippen LogP contribution in [0.4, 0.5) is 0 Å². The second-order valence-corrected chi connectivity index (χ2v) is 5.00. The first-order valence-corrected chi connectivity index (χ1v) is 6.47. The Hall–Kier alpha value is -2.17. The predicted molar refractivity (Wildman–Crippen MR) is 74.6 cm³/mol. The first kappa shape index (κ1) is 14.2. The smallest absolute Gasteiger partial charge is 0.343 e. The van der Waals surface area contributed by atoms with Crippen LogP contribution >= 0.6 is 0 Å². The van der Waals surface area contributed by atoms with Crippen LogP contribution in [0, 0.1) is 13.8 Å². The van der Waals surface area contributed by atoms with Crippen molar-refractivity contribution in [2.45, 2.75) is 33.6 Å². The van der Waals surface area contributed by atoms with Crippen LogP contribution in [0.3, 0.4) is 0 Å². The summed E-state index contributed by atoms with van der Waals surface area (Å²) in [5, 5.41) is 4.08. The minimum Gasteiger partial charge on any atom is -0.465 e. The fourth-order valence-corrected chi connectivity index (χ4v) is 2.22. The number of pyridine rings is 1. The molecule has 2 aromatic rings. The number of rotatable bonds is 3. The summed E-state index contributed by atoms with van der Waals surface area (Å²) in [6, 6.07) is 1.88. The van der Waals surface area contributed by atoms with Crippen molar-refractivity contribution in [3.63, 3.8) is 0 Å². The van der Waals surface area contributed by atoms with Crippen molar-refractivity contribution in [3.05, 3.63) is 34.8 Å². The van der Waals surface area contributed by atoms with Gasteiger partial charge < -0.3 is 9.26 Å². The zero-order valence-corrected chi connectivity index (χ0v) is 12.4. The largest absolute Gasteiger partial charge is 0.465 e. The van der Waals surface area contributed by atoms with Gasteiger partial charge in [-0.1, -0.05) is 19.0 Å². The average molecular weight is 274 g/mol. The predicted octanol–water partition coefficient (Wildman–Crippen LogP) is 3.26. The zero-order chi connectivity index (χ0) is 14.9. The molecule has 0 amide bonds. The maximum atomic E-state index is 12.1. The third-order valence-electron chi connectivity index (χ3n) is 3.22. The third-order valence-corrected chi connectivity index (χ3v) is 3.22. The Bertz CT molecular complexity index is 624. The summed E-state index contributed by atoms with van der Waals surface area (Å²) in [7, 11) is 1.35. The lowest BCUT2D eigenvalue weighted by Crippen LogP contribution is -2.07. The number of esters is 1. The van der Waals surface area contributed by atoms with Crippen molar-refractivity contribution in [1.82, 2.24) is 10.1 Å². The van der Waals surface area contributed by atoms with E-state index in [-0.39, 0.29) is 5.92 Å². The molecule has 0 fully saturated rings. The molecule has 0 radical (unpaired) electrons. The first-order valence-electron chi connectivity index (χ1n) is 6.47. The number of carbonyl (C=O) groups is 1.